The fraction of sp³-hybridized carbons (Fsp3) is 0.350. The number of nitrogens with one attached hydrogen (secondary N) is 2. The molecule has 0 saturated carbocycles. The SMILES string of the molecule is Cn1c(=O)cnc2cc(F)c(OCCNCC3CN(c4cnc5c(n4)NC(=O)CS5)C(=O)O3)nc21. The van der Waals surface area contributed by atoms with Gasteiger partial charge >= 0.3 is 6.09 Å². The third-order valence-electron chi connectivity index (χ3n) is 5.23. The van der Waals surface area contributed by atoms with Gasteiger partial charge in [-0.05, 0) is 0 Å². The summed E-state index contributed by atoms with van der Waals surface area (Å²) in [5.74, 6) is -0.238. The molecule has 0 spiro atoms. The lowest BCUT2D eigenvalue weighted by molar-refractivity contribution is -0.113. The van der Waals surface area contributed by atoms with Gasteiger partial charge in [0.25, 0.3) is 11.4 Å². The fourth-order valence-corrected chi connectivity index (χ4v) is 4.20. The number of anilines is 2. The van der Waals surface area contributed by atoms with Crippen LogP contribution in [0.5, 0.6) is 5.88 Å². The molecule has 1 atom stereocenters. The number of thioether (sulfide) groups is 1. The highest BCUT2D eigenvalue weighted by Gasteiger charge is 2.34. The Labute approximate surface area is 201 Å². The zero-order valence-electron chi connectivity index (χ0n) is 18.4. The number of hydrogen-bond donors (Lipinski definition) is 2. The van der Waals surface area contributed by atoms with E-state index in [2.05, 4.69) is 30.6 Å². The van der Waals surface area contributed by atoms with Gasteiger partial charge in [0, 0.05) is 26.2 Å². The van der Waals surface area contributed by atoms with E-state index in [1.54, 1.807) is 0 Å². The zero-order valence-corrected chi connectivity index (χ0v) is 19.2. The molecule has 0 aromatic carbocycles. The van der Waals surface area contributed by atoms with E-state index in [0.29, 0.717) is 23.9 Å². The van der Waals surface area contributed by atoms with Crippen LogP contribution in [-0.2, 0) is 16.6 Å². The molecule has 5 heterocycles. The second-order valence-electron chi connectivity index (χ2n) is 7.66. The molecular formula is C20H19FN8O5S. The van der Waals surface area contributed by atoms with Gasteiger partial charge in [-0.1, -0.05) is 11.8 Å². The first-order valence-corrected chi connectivity index (χ1v) is 11.5. The Hall–Kier alpha value is -3.85. The third kappa shape index (κ3) is 4.72. The largest absolute Gasteiger partial charge is 0.474 e. The first-order chi connectivity index (χ1) is 16.9. The van der Waals surface area contributed by atoms with Gasteiger partial charge < -0.3 is 20.1 Å². The maximum atomic E-state index is 14.2. The Morgan fingerprint density at radius 1 is 1.29 bits per heavy atom. The second-order valence-corrected chi connectivity index (χ2v) is 8.63. The van der Waals surface area contributed by atoms with E-state index < -0.39 is 18.0 Å². The number of nitrogens with zero attached hydrogens (tertiary/aromatic N) is 6. The number of aryl methyl sites for hydroxylation is 1. The molecule has 3 aromatic heterocycles. The van der Waals surface area contributed by atoms with E-state index in [-0.39, 0.29) is 53.2 Å². The van der Waals surface area contributed by atoms with Crippen molar-refractivity contribution < 1.29 is 23.5 Å². The van der Waals surface area contributed by atoms with Crippen LogP contribution in [0.25, 0.3) is 11.2 Å². The minimum Gasteiger partial charge on any atom is -0.474 e. The minimum atomic E-state index is -0.690. The van der Waals surface area contributed by atoms with Crippen LogP contribution >= 0.6 is 11.8 Å². The molecule has 35 heavy (non-hydrogen) atoms. The van der Waals surface area contributed by atoms with Crippen molar-refractivity contribution >= 4 is 46.6 Å². The minimum absolute atomic E-state index is 0.0850. The van der Waals surface area contributed by atoms with Crippen molar-refractivity contribution in [3.8, 4) is 5.88 Å². The summed E-state index contributed by atoms with van der Waals surface area (Å²) < 4.78 is 26.3. The molecule has 2 amide bonds. The Morgan fingerprint density at radius 3 is 3.00 bits per heavy atom. The van der Waals surface area contributed by atoms with Gasteiger partial charge in [-0.2, -0.15) is 4.98 Å². The second kappa shape index (κ2) is 9.42. The number of aromatic nitrogens is 5. The van der Waals surface area contributed by atoms with Crippen molar-refractivity contribution in [1.29, 1.82) is 0 Å². The smallest absolute Gasteiger partial charge is 0.416 e. The lowest BCUT2D eigenvalue weighted by Crippen LogP contribution is -2.33. The van der Waals surface area contributed by atoms with Crippen LogP contribution in [0.3, 0.4) is 0 Å². The lowest BCUT2D eigenvalue weighted by Gasteiger charge is -2.17. The van der Waals surface area contributed by atoms with Crippen molar-refractivity contribution in [2.45, 2.75) is 11.1 Å². The number of halogens is 1. The third-order valence-corrected chi connectivity index (χ3v) is 6.21. The Bertz CT molecular complexity index is 1390. The number of ether oxygens (including phenoxy) is 2. The highest BCUT2D eigenvalue weighted by molar-refractivity contribution is 8.00. The highest BCUT2D eigenvalue weighted by Crippen LogP contribution is 2.30. The van der Waals surface area contributed by atoms with Gasteiger partial charge in [0.2, 0.25) is 5.91 Å². The Morgan fingerprint density at radius 2 is 2.14 bits per heavy atom. The van der Waals surface area contributed by atoms with E-state index >= 15 is 0 Å². The predicted molar refractivity (Wildman–Crippen MR) is 122 cm³/mol. The first kappa shape index (κ1) is 22.9. The van der Waals surface area contributed by atoms with E-state index in [4.69, 9.17) is 9.47 Å². The summed E-state index contributed by atoms with van der Waals surface area (Å²) in [6.45, 7) is 0.967. The maximum absolute atomic E-state index is 14.2. The number of rotatable bonds is 7. The molecule has 2 aliphatic rings. The first-order valence-electron chi connectivity index (χ1n) is 10.5. The van der Waals surface area contributed by atoms with E-state index in [1.807, 2.05) is 0 Å². The standard InChI is InChI=1S/C20H19FN8O5S/c1-28-15(31)7-23-12-4-11(21)18(27-17(12)28)33-3-2-22-5-10-8-29(20(32)34-10)13-6-24-19-16(25-13)26-14(30)9-35-19/h4,6-7,10,22H,2-3,5,8-9H2,1H3,(H,25,26,30). The van der Waals surface area contributed by atoms with Crippen molar-refractivity contribution in [3.63, 3.8) is 0 Å². The number of pyridine rings is 1. The van der Waals surface area contributed by atoms with Crippen molar-refractivity contribution in [2.24, 2.45) is 7.05 Å². The van der Waals surface area contributed by atoms with Gasteiger partial charge in [-0.15, -0.1) is 0 Å². The van der Waals surface area contributed by atoms with Crippen molar-refractivity contribution in [1.82, 2.24) is 29.8 Å². The van der Waals surface area contributed by atoms with Gasteiger partial charge in [0.1, 0.15) is 23.3 Å². The highest BCUT2D eigenvalue weighted by atomic mass is 32.2. The summed E-state index contributed by atoms with van der Waals surface area (Å²) in [6.07, 6.45) is 1.53. The van der Waals surface area contributed by atoms with Crippen LogP contribution in [0.15, 0.2) is 28.3 Å². The summed E-state index contributed by atoms with van der Waals surface area (Å²) in [5, 5.41) is 6.31. The van der Waals surface area contributed by atoms with Crippen LogP contribution < -0.4 is 25.8 Å². The molecule has 2 N–H and O–H groups in total. The summed E-state index contributed by atoms with van der Waals surface area (Å²) in [4.78, 5) is 53.4. The molecule has 0 bridgehead atoms. The Balaban J connectivity index is 1.13. The average Bonchev–Trinajstić information content (AvgIpc) is 3.21. The molecule has 2 aliphatic heterocycles. The van der Waals surface area contributed by atoms with Crippen molar-refractivity contribution in [2.75, 3.05) is 42.2 Å². The lowest BCUT2D eigenvalue weighted by atomic mass is 10.3. The summed E-state index contributed by atoms with van der Waals surface area (Å²) >= 11 is 1.28. The Kier molecular flexibility index (Phi) is 6.17. The number of carbonyl (C=O) groups excluding carboxylic acids is 2. The molecule has 5 rings (SSSR count). The maximum Gasteiger partial charge on any atom is 0.416 e. The number of amides is 2. The van der Waals surface area contributed by atoms with E-state index in [0.717, 1.165) is 12.3 Å². The number of hydrogen-bond acceptors (Lipinski definition) is 11. The monoisotopic (exact) mass is 502 g/mol. The molecule has 13 nitrogen and oxygen atoms in total. The zero-order chi connectivity index (χ0) is 24.5. The summed E-state index contributed by atoms with van der Waals surface area (Å²) in [7, 11) is 1.51. The summed E-state index contributed by atoms with van der Waals surface area (Å²) in [5.41, 5.74) is 0.0880. The molecule has 15 heteroatoms. The van der Waals surface area contributed by atoms with Crippen LogP contribution in [-0.4, -0.2) is 74.6 Å². The number of fused-ring (bicyclic) bond motifs is 2. The summed E-state index contributed by atoms with van der Waals surface area (Å²) in [6, 6.07) is 1.16. The fourth-order valence-electron chi connectivity index (χ4n) is 3.50. The van der Waals surface area contributed by atoms with Crippen LogP contribution in [0.1, 0.15) is 0 Å². The van der Waals surface area contributed by atoms with Gasteiger partial charge in [-0.25, -0.2) is 24.1 Å². The molecule has 182 valence electrons. The average molecular weight is 502 g/mol. The van der Waals surface area contributed by atoms with Gasteiger partial charge in [-0.3, -0.25) is 19.1 Å². The molecule has 1 unspecified atom stereocenters. The van der Waals surface area contributed by atoms with Crippen LogP contribution in [0.4, 0.5) is 20.8 Å². The molecule has 1 fully saturated rings. The van der Waals surface area contributed by atoms with Gasteiger partial charge in [0.15, 0.2) is 23.1 Å². The predicted octanol–water partition coefficient (Wildman–Crippen LogP) is 0.296. The number of carbonyl (C=O) groups is 2. The quantitative estimate of drug-likeness (QED) is 0.429. The molecule has 3 aromatic rings. The number of cyclic esters (lactones) is 1. The van der Waals surface area contributed by atoms with E-state index in [9.17, 15) is 18.8 Å². The molecular weight excluding hydrogens is 483 g/mol. The van der Waals surface area contributed by atoms with Gasteiger partial charge in [0.05, 0.1) is 24.7 Å². The molecule has 1 saturated heterocycles. The van der Waals surface area contributed by atoms with E-state index in [1.165, 1.54) is 34.5 Å². The molecule has 0 radical (unpaired) electrons. The van der Waals surface area contributed by atoms with Crippen LogP contribution in [0, 0.1) is 5.82 Å². The topological polar surface area (TPSA) is 153 Å². The van der Waals surface area contributed by atoms with Crippen LogP contribution in [0.2, 0.25) is 0 Å². The normalized spacial score (nSPS) is 17.3. The molecule has 0 aliphatic carbocycles. The van der Waals surface area contributed by atoms with Crippen molar-refractivity contribution in [3.05, 3.63) is 34.6 Å².